The molecule has 0 spiro atoms. The van der Waals surface area contributed by atoms with Crippen LogP contribution in [0.3, 0.4) is 0 Å². The minimum absolute atomic E-state index is 0.161. The Hall–Kier alpha value is -2.15. The number of carbonyl (C=O) groups excluding carboxylic acids is 2. The predicted molar refractivity (Wildman–Crippen MR) is 86.7 cm³/mol. The highest BCUT2D eigenvalue weighted by molar-refractivity contribution is 8.18. The molecule has 1 aromatic carbocycles. The van der Waals surface area contributed by atoms with E-state index in [1.807, 2.05) is 20.8 Å². The second kappa shape index (κ2) is 6.16. The van der Waals surface area contributed by atoms with Crippen LogP contribution in [0.4, 0.5) is 4.79 Å². The first-order valence-electron chi connectivity index (χ1n) is 7.34. The van der Waals surface area contributed by atoms with E-state index in [-0.39, 0.29) is 24.0 Å². The molecule has 2 aliphatic heterocycles. The molecule has 0 radical (unpaired) electrons. The highest BCUT2D eigenvalue weighted by Gasteiger charge is 2.37. The van der Waals surface area contributed by atoms with Crippen LogP contribution in [-0.2, 0) is 4.79 Å². The molecule has 1 fully saturated rings. The van der Waals surface area contributed by atoms with Gasteiger partial charge in [-0.3, -0.25) is 14.5 Å². The SMILES string of the molecule is CCOc1cc2c(cc1/C=C1/SC(=O)N(C(C)C)C1=O)OCO2. The molecular weight excluding hydrogens is 318 g/mol. The smallest absolute Gasteiger partial charge is 0.293 e. The monoisotopic (exact) mass is 335 g/mol. The van der Waals surface area contributed by atoms with Crippen LogP contribution < -0.4 is 14.2 Å². The van der Waals surface area contributed by atoms with Gasteiger partial charge in [0.1, 0.15) is 5.75 Å². The molecule has 2 heterocycles. The number of thioether (sulfide) groups is 1. The van der Waals surface area contributed by atoms with E-state index < -0.39 is 0 Å². The normalized spacial score (nSPS) is 18.4. The first-order valence-corrected chi connectivity index (χ1v) is 8.16. The average Bonchev–Trinajstić information content (AvgIpc) is 3.04. The first-order chi connectivity index (χ1) is 11.0. The van der Waals surface area contributed by atoms with Crippen molar-refractivity contribution in [1.29, 1.82) is 0 Å². The summed E-state index contributed by atoms with van der Waals surface area (Å²) in [7, 11) is 0. The zero-order valence-electron chi connectivity index (χ0n) is 13.1. The standard InChI is InChI=1S/C16H17NO5S/c1-4-20-11-7-13-12(21-8-22-13)5-10(11)6-14-15(18)17(9(2)3)16(19)23-14/h5-7,9H,4,8H2,1-3H3/b14-6+. The van der Waals surface area contributed by atoms with Gasteiger partial charge in [0, 0.05) is 17.7 Å². The zero-order chi connectivity index (χ0) is 16.6. The lowest BCUT2D eigenvalue weighted by atomic mass is 10.1. The minimum atomic E-state index is -0.282. The van der Waals surface area contributed by atoms with Gasteiger partial charge in [-0.15, -0.1) is 0 Å². The summed E-state index contributed by atoms with van der Waals surface area (Å²) in [6.07, 6.45) is 1.67. The molecule has 7 heteroatoms. The van der Waals surface area contributed by atoms with Crippen LogP contribution >= 0.6 is 11.8 Å². The van der Waals surface area contributed by atoms with Gasteiger partial charge in [-0.05, 0) is 44.7 Å². The fraction of sp³-hybridized carbons (Fsp3) is 0.375. The number of rotatable bonds is 4. The van der Waals surface area contributed by atoms with Gasteiger partial charge in [0.15, 0.2) is 11.5 Å². The van der Waals surface area contributed by atoms with E-state index in [0.29, 0.717) is 34.3 Å². The molecule has 122 valence electrons. The van der Waals surface area contributed by atoms with Crippen LogP contribution in [0, 0.1) is 0 Å². The molecule has 0 saturated carbocycles. The quantitative estimate of drug-likeness (QED) is 0.787. The Balaban J connectivity index is 1.99. The zero-order valence-corrected chi connectivity index (χ0v) is 13.9. The Morgan fingerprint density at radius 3 is 2.61 bits per heavy atom. The van der Waals surface area contributed by atoms with Gasteiger partial charge >= 0.3 is 0 Å². The van der Waals surface area contributed by atoms with Crippen molar-refractivity contribution in [2.45, 2.75) is 26.8 Å². The van der Waals surface area contributed by atoms with E-state index in [1.54, 1.807) is 18.2 Å². The molecule has 0 bridgehead atoms. The molecular formula is C16H17NO5S. The molecule has 1 saturated heterocycles. The van der Waals surface area contributed by atoms with Gasteiger partial charge in [-0.25, -0.2) is 0 Å². The fourth-order valence-electron chi connectivity index (χ4n) is 2.40. The summed E-state index contributed by atoms with van der Waals surface area (Å²) in [5.74, 6) is 1.52. The summed E-state index contributed by atoms with van der Waals surface area (Å²) < 4.78 is 16.3. The topological polar surface area (TPSA) is 65.1 Å². The number of ether oxygens (including phenoxy) is 3. The summed E-state index contributed by atoms with van der Waals surface area (Å²) in [5.41, 5.74) is 0.686. The van der Waals surface area contributed by atoms with Crippen LogP contribution in [-0.4, -0.2) is 35.5 Å². The van der Waals surface area contributed by atoms with E-state index in [9.17, 15) is 9.59 Å². The highest BCUT2D eigenvalue weighted by Crippen LogP contribution is 2.41. The highest BCUT2D eigenvalue weighted by atomic mass is 32.2. The molecule has 1 aromatic rings. The third-order valence-electron chi connectivity index (χ3n) is 3.43. The lowest BCUT2D eigenvalue weighted by molar-refractivity contribution is -0.123. The van der Waals surface area contributed by atoms with Gasteiger partial charge in [0.25, 0.3) is 11.1 Å². The van der Waals surface area contributed by atoms with Crippen molar-refractivity contribution in [3.63, 3.8) is 0 Å². The van der Waals surface area contributed by atoms with Gasteiger partial charge in [-0.1, -0.05) is 0 Å². The number of carbonyl (C=O) groups is 2. The third kappa shape index (κ3) is 2.88. The summed E-state index contributed by atoms with van der Waals surface area (Å²) in [5, 5.41) is -0.255. The Kier molecular flexibility index (Phi) is 4.21. The van der Waals surface area contributed by atoms with E-state index in [0.717, 1.165) is 11.8 Å². The summed E-state index contributed by atoms with van der Waals surface area (Å²) in [4.78, 5) is 26.0. The van der Waals surface area contributed by atoms with Gasteiger partial charge in [-0.2, -0.15) is 0 Å². The molecule has 0 aliphatic carbocycles. The van der Waals surface area contributed by atoms with Crippen LogP contribution in [0.1, 0.15) is 26.3 Å². The van der Waals surface area contributed by atoms with Gasteiger partial charge in [0.2, 0.25) is 6.79 Å². The molecule has 0 N–H and O–H groups in total. The Labute approximate surface area is 138 Å². The van der Waals surface area contributed by atoms with Crippen molar-refractivity contribution in [2.24, 2.45) is 0 Å². The summed E-state index contributed by atoms with van der Waals surface area (Å²) >= 11 is 0.936. The molecule has 2 amide bonds. The molecule has 0 atom stereocenters. The Morgan fingerprint density at radius 1 is 1.30 bits per heavy atom. The summed E-state index contributed by atoms with van der Waals surface area (Å²) in [6.45, 7) is 6.14. The summed E-state index contributed by atoms with van der Waals surface area (Å²) in [6, 6.07) is 3.33. The first kappa shape index (κ1) is 15.7. The van der Waals surface area contributed by atoms with E-state index >= 15 is 0 Å². The number of hydrogen-bond donors (Lipinski definition) is 0. The van der Waals surface area contributed by atoms with Crippen molar-refractivity contribution in [3.8, 4) is 17.2 Å². The molecule has 0 aromatic heterocycles. The molecule has 2 aliphatic rings. The van der Waals surface area contributed by atoms with E-state index in [2.05, 4.69) is 0 Å². The number of hydrogen-bond acceptors (Lipinski definition) is 6. The number of amides is 2. The largest absolute Gasteiger partial charge is 0.493 e. The number of nitrogens with zero attached hydrogens (tertiary/aromatic N) is 1. The number of imide groups is 1. The van der Waals surface area contributed by atoms with Gasteiger partial charge in [0.05, 0.1) is 11.5 Å². The second-order valence-electron chi connectivity index (χ2n) is 5.32. The predicted octanol–water partition coefficient (Wildman–Crippen LogP) is 3.26. The maximum atomic E-state index is 12.4. The van der Waals surface area contributed by atoms with E-state index in [4.69, 9.17) is 14.2 Å². The van der Waals surface area contributed by atoms with Crippen molar-refractivity contribution >= 4 is 29.0 Å². The maximum absolute atomic E-state index is 12.4. The molecule has 6 nitrogen and oxygen atoms in total. The van der Waals surface area contributed by atoms with Crippen molar-refractivity contribution in [3.05, 3.63) is 22.6 Å². The lowest BCUT2D eigenvalue weighted by Gasteiger charge is -2.16. The average molecular weight is 335 g/mol. The minimum Gasteiger partial charge on any atom is -0.493 e. The maximum Gasteiger partial charge on any atom is 0.293 e. The molecule has 0 unspecified atom stereocenters. The number of benzene rings is 1. The second-order valence-corrected chi connectivity index (χ2v) is 6.31. The van der Waals surface area contributed by atoms with Crippen LogP contribution in [0.15, 0.2) is 17.0 Å². The number of fused-ring (bicyclic) bond motifs is 1. The van der Waals surface area contributed by atoms with Crippen LogP contribution in [0.2, 0.25) is 0 Å². The van der Waals surface area contributed by atoms with Crippen LogP contribution in [0.25, 0.3) is 6.08 Å². The third-order valence-corrected chi connectivity index (χ3v) is 4.32. The van der Waals surface area contributed by atoms with Crippen molar-refractivity contribution in [2.75, 3.05) is 13.4 Å². The van der Waals surface area contributed by atoms with E-state index in [1.165, 1.54) is 4.90 Å². The Morgan fingerprint density at radius 2 is 2.00 bits per heavy atom. The molecule has 23 heavy (non-hydrogen) atoms. The van der Waals surface area contributed by atoms with Gasteiger partial charge < -0.3 is 14.2 Å². The fourth-order valence-corrected chi connectivity index (χ4v) is 3.35. The van der Waals surface area contributed by atoms with Crippen molar-refractivity contribution < 1.29 is 23.8 Å². The lowest BCUT2D eigenvalue weighted by Crippen LogP contribution is -2.34. The molecule has 3 rings (SSSR count). The Bertz CT molecular complexity index is 698. The van der Waals surface area contributed by atoms with Crippen LogP contribution in [0.5, 0.6) is 17.2 Å². The van der Waals surface area contributed by atoms with Crippen molar-refractivity contribution in [1.82, 2.24) is 4.90 Å².